The molecule has 0 saturated carbocycles. The standard InChI is InChI=1S/C11H16ClN3O/c1-8-9(12)14-7-15-10(8)13-6-11(2)4-3-5-16-11/h7H,3-6H2,1-2H3,(H,13,14,15). The van der Waals surface area contributed by atoms with Gasteiger partial charge in [0.2, 0.25) is 0 Å². The Labute approximate surface area is 100 Å². The quantitative estimate of drug-likeness (QED) is 0.826. The van der Waals surface area contributed by atoms with E-state index in [1.807, 2.05) is 6.92 Å². The summed E-state index contributed by atoms with van der Waals surface area (Å²) in [6.07, 6.45) is 3.68. The predicted molar refractivity (Wildman–Crippen MR) is 63.9 cm³/mol. The molecule has 1 atom stereocenters. The van der Waals surface area contributed by atoms with E-state index in [9.17, 15) is 0 Å². The molecule has 0 aliphatic carbocycles. The highest BCUT2D eigenvalue weighted by molar-refractivity contribution is 6.30. The molecule has 16 heavy (non-hydrogen) atoms. The van der Waals surface area contributed by atoms with Gasteiger partial charge in [-0.15, -0.1) is 0 Å². The average molecular weight is 242 g/mol. The SMILES string of the molecule is Cc1c(Cl)ncnc1NCC1(C)CCCO1. The van der Waals surface area contributed by atoms with Crippen LogP contribution in [0.1, 0.15) is 25.3 Å². The van der Waals surface area contributed by atoms with Gasteiger partial charge in [0.05, 0.1) is 5.60 Å². The highest BCUT2D eigenvalue weighted by Crippen LogP contribution is 2.26. The van der Waals surface area contributed by atoms with Crippen LogP contribution in [0.2, 0.25) is 5.15 Å². The summed E-state index contributed by atoms with van der Waals surface area (Å²) in [4.78, 5) is 8.09. The van der Waals surface area contributed by atoms with Gasteiger partial charge in [-0.2, -0.15) is 0 Å². The zero-order valence-electron chi connectivity index (χ0n) is 9.59. The lowest BCUT2D eigenvalue weighted by atomic mass is 10.0. The van der Waals surface area contributed by atoms with Crippen molar-refractivity contribution in [2.24, 2.45) is 0 Å². The Morgan fingerprint density at radius 3 is 3.06 bits per heavy atom. The fraction of sp³-hybridized carbons (Fsp3) is 0.636. The minimum Gasteiger partial charge on any atom is -0.373 e. The number of ether oxygens (including phenoxy) is 1. The fourth-order valence-corrected chi connectivity index (χ4v) is 1.99. The maximum absolute atomic E-state index is 5.92. The number of hydrogen-bond acceptors (Lipinski definition) is 4. The van der Waals surface area contributed by atoms with Gasteiger partial charge in [0.1, 0.15) is 17.3 Å². The lowest BCUT2D eigenvalue weighted by Crippen LogP contribution is -2.33. The molecule has 2 rings (SSSR count). The first-order valence-electron chi connectivity index (χ1n) is 5.46. The molecule has 0 spiro atoms. The lowest BCUT2D eigenvalue weighted by Gasteiger charge is -2.24. The van der Waals surface area contributed by atoms with Gasteiger partial charge in [0.15, 0.2) is 0 Å². The van der Waals surface area contributed by atoms with Gasteiger partial charge in [-0.3, -0.25) is 0 Å². The van der Waals surface area contributed by atoms with Crippen LogP contribution in [0.25, 0.3) is 0 Å². The fourth-order valence-electron chi connectivity index (χ4n) is 1.85. The van der Waals surface area contributed by atoms with E-state index in [1.165, 1.54) is 6.33 Å². The Kier molecular flexibility index (Phi) is 3.30. The summed E-state index contributed by atoms with van der Waals surface area (Å²) in [6.45, 7) is 5.62. The molecule has 0 amide bonds. The van der Waals surface area contributed by atoms with Crippen molar-refractivity contribution in [1.29, 1.82) is 0 Å². The lowest BCUT2D eigenvalue weighted by molar-refractivity contribution is 0.0314. The Hall–Kier alpha value is -0.870. The highest BCUT2D eigenvalue weighted by atomic mass is 35.5. The Bertz CT molecular complexity index is 377. The topological polar surface area (TPSA) is 47.0 Å². The number of nitrogens with one attached hydrogen (secondary N) is 1. The van der Waals surface area contributed by atoms with Crippen LogP contribution in [-0.2, 0) is 4.74 Å². The minimum atomic E-state index is -0.0795. The highest BCUT2D eigenvalue weighted by Gasteiger charge is 2.29. The van der Waals surface area contributed by atoms with Gasteiger partial charge in [-0.1, -0.05) is 11.6 Å². The molecule has 1 aliphatic rings. The molecule has 1 unspecified atom stereocenters. The Morgan fingerprint density at radius 1 is 1.56 bits per heavy atom. The van der Waals surface area contributed by atoms with Gasteiger partial charge < -0.3 is 10.1 Å². The molecular weight excluding hydrogens is 226 g/mol. The van der Waals surface area contributed by atoms with Crippen LogP contribution >= 0.6 is 11.6 Å². The van der Waals surface area contributed by atoms with Gasteiger partial charge in [-0.25, -0.2) is 9.97 Å². The van der Waals surface area contributed by atoms with Crippen molar-refractivity contribution in [1.82, 2.24) is 9.97 Å². The van der Waals surface area contributed by atoms with Crippen LogP contribution in [0.4, 0.5) is 5.82 Å². The Balaban J connectivity index is 2.02. The molecule has 1 N–H and O–H groups in total. The average Bonchev–Trinajstić information content (AvgIpc) is 2.68. The molecule has 1 aromatic rings. The van der Waals surface area contributed by atoms with Crippen LogP contribution in [0.3, 0.4) is 0 Å². The van der Waals surface area contributed by atoms with Crippen molar-refractivity contribution >= 4 is 17.4 Å². The summed E-state index contributed by atoms with van der Waals surface area (Å²) in [7, 11) is 0. The van der Waals surface area contributed by atoms with E-state index < -0.39 is 0 Å². The number of aromatic nitrogens is 2. The summed E-state index contributed by atoms with van der Waals surface area (Å²) in [5.41, 5.74) is 0.801. The molecular formula is C11H16ClN3O. The molecule has 4 nitrogen and oxygen atoms in total. The van der Waals surface area contributed by atoms with Crippen molar-refractivity contribution in [3.63, 3.8) is 0 Å². The third-order valence-corrected chi connectivity index (χ3v) is 3.33. The third kappa shape index (κ3) is 2.44. The molecule has 0 aromatic carbocycles. The van der Waals surface area contributed by atoms with E-state index in [4.69, 9.17) is 16.3 Å². The number of anilines is 1. The van der Waals surface area contributed by atoms with E-state index in [-0.39, 0.29) is 5.60 Å². The van der Waals surface area contributed by atoms with E-state index in [2.05, 4.69) is 22.2 Å². The molecule has 1 fully saturated rings. The predicted octanol–water partition coefficient (Wildman–Crippen LogP) is 2.42. The normalized spacial score (nSPS) is 24.7. The van der Waals surface area contributed by atoms with Crippen LogP contribution in [0, 0.1) is 6.92 Å². The first-order valence-corrected chi connectivity index (χ1v) is 5.83. The molecule has 2 heterocycles. The van der Waals surface area contributed by atoms with Crippen molar-refractivity contribution in [2.45, 2.75) is 32.3 Å². The molecule has 88 valence electrons. The molecule has 1 aliphatic heterocycles. The van der Waals surface area contributed by atoms with Gasteiger partial charge in [0, 0.05) is 18.7 Å². The monoisotopic (exact) mass is 241 g/mol. The van der Waals surface area contributed by atoms with Gasteiger partial charge >= 0.3 is 0 Å². The first kappa shape index (κ1) is 11.6. The number of nitrogens with zero attached hydrogens (tertiary/aromatic N) is 2. The van der Waals surface area contributed by atoms with Crippen LogP contribution in [-0.4, -0.2) is 28.7 Å². The molecule has 0 bridgehead atoms. The number of hydrogen-bond donors (Lipinski definition) is 1. The maximum atomic E-state index is 5.92. The minimum absolute atomic E-state index is 0.0795. The zero-order valence-corrected chi connectivity index (χ0v) is 10.3. The van der Waals surface area contributed by atoms with Gasteiger partial charge in [-0.05, 0) is 26.7 Å². The molecule has 1 saturated heterocycles. The summed E-state index contributed by atoms with van der Waals surface area (Å²) in [6, 6.07) is 0. The first-order chi connectivity index (χ1) is 7.61. The van der Waals surface area contributed by atoms with Crippen LogP contribution in [0.15, 0.2) is 6.33 Å². The van der Waals surface area contributed by atoms with Crippen molar-refractivity contribution < 1.29 is 4.74 Å². The largest absolute Gasteiger partial charge is 0.373 e. The van der Waals surface area contributed by atoms with Crippen molar-refractivity contribution in [3.05, 3.63) is 17.0 Å². The van der Waals surface area contributed by atoms with E-state index >= 15 is 0 Å². The summed E-state index contributed by atoms with van der Waals surface area (Å²) in [5.74, 6) is 0.789. The zero-order chi connectivity index (χ0) is 11.6. The summed E-state index contributed by atoms with van der Waals surface area (Å²) < 4.78 is 5.69. The number of halogens is 1. The molecule has 0 radical (unpaired) electrons. The van der Waals surface area contributed by atoms with E-state index in [0.717, 1.165) is 37.4 Å². The summed E-state index contributed by atoms with van der Waals surface area (Å²) in [5, 5.41) is 3.77. The van der Waals surface area contributed by atoms with Crippen molar-refractivity contribution in [2.75, 3.05) is 18.5 Å². The van der Waals surface area contributed by atoms with Crippen LogP contribution < -0.4 is 5.32 Å². The van der Waals surface area contributed by atoms with E-state index in [1.54, 1.807) is 0 Å². The second-order valence-corrected chi connectivity index (χ2v) is 4.75. The van der Waals surface area contributed by atoms with Crippen LogP contribution in [0.5, 0.6) is 0 Å². The second-order valence-electron chi connectivity index (χ2n) is 4.39. The Morgan fingerprint density at radius 2 is 2.38 bits per heavy atom. The maximum Gasteiger partial charge on any atom is 0.137 e. The van der Waals surface area contributed by atoms with E-state index in [0.29, 0.717) is 5.15 Å². The summed E-state index contributed by atoms with van der Waals surface area (Å²) >= 11 is 5.92. The second kappa shape index (κ2) is 4.55. The van der Waals surface area contributed by atoms with Gasteiger partial charge in [0.25, 0.3) is 0 Å². The van der Waals surface area contributed by atoms with Crippen molar-refractivity contribution in [3.8, 4) is 0 Å². The molecule has 1 aromatic heterocycles. The smallest absolute Gasteiger partial charge is 0.137 e. The molecule has 5 heteroatoms. The third-order valence-electron chi connectivity index (χ3n) is 2.95. The number of rotatable bonds is 3.